The lowest BCUT2D eigenvalue weighted by atomic mass is 9.90. The van der Waals surface area contributed by atoms with Crippen molar-refractivity contribution in [3.63, 3.8) is 0 Å². The van der Waals surface area contributed by atoms with Crippen LogP contribution in [0.3, 0.4) is 0 Å². The second kappa shape index (κ2) is 8.55. The lowest BCUT2D eigenvalue weighted by Crippen LogP contribution is -2.44. The van der Waals surface area contributed by atoms with Crippen LogP contribution >= 0.6 is 0 Å². The summed E-state index contributed by atoms with van der Waals surface area (Å²) < 4.78 is 10.3. The van der Waals surface area contributed by atoms with Gasteiger partial charge in [0.2, 0.25) is 11.8 Å². The molecule has 1 aliphatic heterocycles. The Labute approximate surface area is 154 Å². The summed E-state index contributed by atoms with van der Waals surface area (Å²) in [5, 5.41) is 2.87. The van der Waals surface area contributed by atoms with Gasteiger partial charge in [0.15, 0.2) is 0 Å². The Balaban J connectivity index is 1.60. The molecule has 2 aliphatic rings. The number of ether oxygens (including phenoxy) is 2. The zero-order valence-electron chi connectivity index (χ0n) is 15.7. The van der Waals surface area contributed by atoms with Crippen LogP contribution in [-0.4, -0.2) is 55.8 Å². The van der Waals surface area contributed by atoms with Crippen molar-refractivity contribution < 1.29 is 14.3 Å². The van der Waals surface area contributed by atoms with Crippen LogP contribution in [0, 0.1) is 5.92 Å². The summed E-state index contributed by atoms with van der Waals surface area (Å²) in [6, 6.07) is 4.02. The summed E-state index contributed by atoms with van der Waals surface area (Å²) in [5.74, 6) is 1.34. The molecule has 1 saturated heterocycles. The summed E-state index contributed by atoms with van der Waals surface area (Å²) in [5.41, 5.74) is 7.33. The minimum atomic E-state index is -0.186. The van der Waals surface area contributed by atoms with Gasteiger partial charge in [-0.1, -0.05) is 19.3 Å². The highest BCUT2D eigenvalue weighted by Gasteiger charge is 2.37. The predicted octanol–water partition coefficient (Wildman–Crippen LogP) is 1.99. The number of hydrogen-bond donors (Lipinski definition) is 3. The number of hydrazine groups is 1. The molecule has 8 heteroatoms. The molecule has 3 rings (SSSR count). The summed E-state index contributed by atoms with van der Waals surface area (Å²) in [6.07, 6.45) is 6.27. The molecule has 0 radical (unpaired) electrons. The van der Waals surface area contributed by atoms with Gasteiger partial charge in [0.1, 0.15) is 5.69 Å². The maximum atomic E-state index is 12.6. The molecule has 0 spiro atoms. The third-order valence-corrected chi connectivity index (χ3v) is 5.34. The first-order valence-corrected chi connectivity index (χ1v) is 9.24. The summed E-state index contributed by atoms with van der Waals surface area (Å²) in [6.45, 7) is 0.645. The summed E-state index contributed by atoms with van der Waals surface area (Å²) >= 11 is 0. The molecule has 1 aliphatic carbocycles. The Morgan fingerprint density at radius 3 is 2.81 bits per heavy atom. The second-order valence-corrected chi connectivity index (χ2v) is 7.02. The van der Waals surface area contributed by atoms with Crippen LogP contribution in [0.1, 0.15) is 32.1 Å². The van der Waals surface area contributed by atoms with Crippen LogP contribution in [0.15, 0.2) is 12.1 Å². The van der Waals surface area contributed by atoms with Crippen LogP contribution in [-0.2, 0) is 0 Å². The largest absolute Gasteiger partial charge is 0.481 e. The zero-order chi connectivity index (χ0) is 18.5. The number of carbonyl (C=O) groups is 1. The molecule has 1 saturated carbocycles. The molecule has 3 atom stereocenters. The van der Waals surface area contributed by atoms with E-state index in [1.165, 1.54) is 46.3 Å². The molecular formula is C18H29N5O3. The van der Waals surface area contributed by atoms with Crippen molar-refractivity contribution in [3.8, 4) is 11.8 Å². The van der Waals surface area contributed by atoms with E-state index < -0.39 is 0 Å². The summed E-state index contributed by atoms with van der Waals surface area (Å²) in [7, 11) is 4.86. The Morgan fingerprint density at radius 1 is 1.23 bits per heavy atom. The van der Waals surface area contributed by atoms with E-state index in [0.29, 0.717) is 36.0 Å². The molecule has 1 aromatic rings. The topological polar surface area (TPSA) is 87.8 Å². The van der Waals surface area contributed by atoms with Gasteiger partial charge in [-0.05, 0) is 24.8 Å². The minimum Gasteiger partial charge on any atom is -0.481 e. The smallest absolute Gasteiger partial charge is 0.321 e. The number of urea groups is 1. The zero-order valence-corrected chi connectivity index (χ0v) is 15.7. The average Bonchev–Trinajstić information content (AvgIpc) is 2.88. The van der Waals surface area contributed by atoms with E-state index in [9.17, 15) is 4.79 Å². The van der Waals surface area contributed by atoms with Gasteiger partial charge in [-0.2, -0.15) is 4.98 Å². The van der Waals surface area contributed by atoms with Crippen molar-refractivity contribution in [1.82, 2.24) is 20.7 Å². The van der Waals surface area contributed by atoms with Gasteiger partial charge in [-0.25, -0.2) is 4.79 Å². The van der Waals surface area contributed by atoms with Crippen LogP contribution in [0.5, 0.6) is 11.8 Å². The van der Waals surface area contributed by atoms with Gasteiger partial charge in [0.05, 0.1) is 14.2 Å². The van der Waals surface area contributed by atoms with E-state index in [2.05, 4.69) is 21.2 Å². The van der Waals surface area contributed by atoms with E-state index in [1.807, 2.05) is 7.05 Å². The fourth-order valence-corrected chi connectivity index (χ4v) is 3.88. The van der Waals surface area contributed by atoms with Gasteiger partial charge < -0.3 is 19.7 Å². The number of hydrogen-bond acceptors (Lipinski definition) is 6. The van der Waals surface area contributed by atoms with Crippen LogP contribution in [0.4, 0.5) is 10.5 Å². The number of aromatic nitrogens is 1. The highest BCUT2D eigenvalue weighted by atomic mass is 16.5. The first kappa shape index (κ1) is 18.7. The highest BCUT2D eigenvalue weighted by Crippen LogP contribution is 2.29. The van der Waals surface area contributed by atoms with Gasteiger partial charge in [-0.3, -0.25) is 10.9 Å². The Hall–Kier alpha value is -2.06. The average molecular weight is 363 g/mol. The number of pyridine rings is 1. The molecule has 1 aromatic heterocycles. The molecule has 26 heavy (non-hydrogen) atoms. The molecule has 8 nitrogen and oxygen atoms in total. The van der Waals surface area contributed by atoms with Crippen molar-refractivity contribution in [3.05, 3.63) is 12.1 Å². The third-order valence-electron chi connectivity index (χ3n) is 5.34. The first-order chi connectivity index (χ1) is 12.6. The molecule has 3 N–H and O–H groups in total. The van der Waals surface area contributed by atoms with E-state index in [-0.39, 0.29) is 12.1 Å². The Bertz CT molecular complexity index is 627. The molecule has 144 valence electrons. The van der Waals surface area contributed by atoms with E-state index in [0.717, 1.165) is 0 Å². The lowest BCUT2D eigenvalue weighted by Gasteiger charge is -2.26. The number of fused-ring (bicyclic) bond motifs is 1. The number of anilines is 1. The quantitative estimate of drug-likeness (QED) is 0.742. The fraction of sp³-hybridized carbons (Fsp3) is 0.667. The van der Waals surface area contributed by atoms with Gasteiger partial charge in [-0.15, -0.1) is 0 Å². The summed E-state index contributed by atoms with van der Waals surface area (Å²) in [4.78, 5) is 18.5. The molecular weight excluding hydrogens is 334 g/mol. The molecule has 0 bridgehead atoms. The van der Waals surface area contributed by atoms with Gasteiger partial charge in [0, 0.05) is 31.7 Å². The normalized spacial score (nSPS) is 25.1. The van der Waals surface area contributed by atoms with Crippen molar-refractivity contribution in [2.24, 2.45) is 5.92 Å². The SMILES string of the molecule is COc1ccc(NC(=O)N(C)CC2NNC3CCCCCC32)c(OC)n1. The molecule has 2 amide bonds. The van der Waals surface area contributed by atoms with Crippen molar-refractivity contribution in [2.45, 2.75) is 44.2 Å². The standard InChI is InChI=1S/C18H29N5O3/c1-23(11-15-12-7-5-4-6-8-13(12)21-22-15)18(24)19-14-9-10-16(25-2)20-17(14)26-3/h9-10,12-13,15,21-22H,4-8,11H2,1-3H3,(H,19,24). The van der Waals surface area contributed by atoms with Gasteiger partial charge in [0.25, 0.3) is 0 Å². The monoisotopic (exact) mass is 363 g/mol. The number of rotatable bonds is 5. The van der Waals surface area contributed by atoms with E-state index >= 15 is 0 Å². The molecule has 2 fully saturated rings. The second-order valence-electron chi connectivity index (χ2n) is 7.02. The van der Waals surface area contributed by atoms with Crippen LogP contribution in [0.2, 0.25) is 0 Å². The highest BCUT2D eigenvalue weighted by molar-refractivity contribution is 5.90. The Morgan fingerprint density at radius 2 is 2.04 bits per heavy atom. The fourth-order valence-electron chi connectivity index (χ4n) is 3.88. The molecule has 3 unspecified atom stereocenters. The number of nitrogens with zero attached hydrogens (tertiary/aromatic N) is 2. The first-order valence-electron chi connectivity index (χ1n) is 9.24. The number of likely N-dealkylation sites (N-methyl/N-ethyl adjacent to an activating group) is 1. The molecule has 2 heterocycles. The van der Waals surface area contributed by atoms with E-state index in [4.69, 9.17) is 9.47 Å². The maximum absolute atomic E-state index is 12.6. The van der Waals surface area contributed by atoms with Crippen molar-refractivity contribution in [1.29, 1.82) is 0 Å². The van der Waals surface area contributed by atoms with Gasteiger partial charge >= 0.3 is 6.03 Å². The number of methoxy groups -OCH3 is 2. The Kier molecular flexibility index (Phi) is 6.16. The van der Waals surface area contributed by atoms with Crippen LogP contribution < -0.4 is 25.6 Å². The van der Waals surface area contributed by atoms with Crippen LogP contribution in [0.25, 0.3) is 0 Å². The van der Waals surface area contributed by atoms with Crippen molar-refractivity contribution in [2.75, 3.05) is 33.1 Å². The molecule has 0 aromatic carbocycles. The minimum absolute atomic E-state index is 0.186. The predicted molar refractivity (Wildman–Crippen MR) is 99.4 cm³/mol. The van der Waals surface area contributed by atoms with Crippen molar-refractivity contribution >= 4 is 11.7 Å². The maximum Gasteiger partial charge on any atom is 0.321 e. The number of amides is 2. The number of nitrogens with one attached hydrogen (secondary N) is 3. The third kappa shape index (κ3) is 4.19. The number of carbonyl (C=O) groups excluding carboxylic acids is 1. The van der Waals surface area contributed by atoms with E-state index in [1.54, 1.807) is 17.0 Å². The lowest BCUT2D eigenvalue weighted by molar-refractivity contribution is 0.212.